The molecule has 0 spiro atoms. The monoisotopic (exact) mass is 450 g/mol. The summed E-state index contributed by atoms with van der Waals surface area (Å²) in [6, 6.07) is 10.1. The van der Waals surface area contributed by atoms with Crippen molar-refractivity contribution in [2.75, 3.05) is 13.2 Å². The molecule has 2 amide bonds. The van der Waals surface area contributed by atoms with Crippen molar-refractivity contribution < 1.29 is 14.3 Å². The molecule has 2 aromatic rings. The Balaban J connectivity index is 2.24. The van der Waals surface area contributed by atoms with Gasteiger partial charge in [0.15, 0.2) is 6.61 Å². The molecule has 2 aromatic carbocycles. The number of amides is 2. The van der Waals surface area contributed by atoms with Gasteiger partial charge in [-0.15, -0.1) is 0 Å². The first-order valence-corrected chi connectivity index (χ1v) is 10.7. The smallest absolute Gasteiger partial charge is 0.261 e. The average molecular weight is 451 g/mol. The molecule has 1 atom stereocenters. The Morgan fingerprint density at radius 3 is 2.40 bits per heavy atom. The normalized spacial score (nSPS) is 11.7. The van der Waals surface area contributed by atoms with Crippen LogP contribution in [0.4, 0.5) is 0 Å². The summed E-state index contributed by atoms with van der Waals surface area (Å²) < 4.78 is 5.73. The Hall–Kier alpha value is -2.24. The highest BCUT2D eigenvalue weighted by Gasteiger charge is 2.29. The van der Waals surface area contributed by atoms with Crippen LogP contribution in [0.1, 0.15) is 37.0 Å². The molecule has 0 fully saturated rings. The van der Waals surface area contributed by atoms with Crippen molar-refractivity contribution >= 4 is 35.0 Å². The van der Waals surface area contributed by atoms with Crippen molar-refractivity contribution in [3.63, 3.8) is 0 Å². The fourth-order valence-corrected chi connectivity index (χ4v) is 3.54. The average Bonchev–Trinajstić information content (AvgIpc) is 2.70. The lowest BCUT2D eigenvalue weighted by Gasteiger charge is -2.30. The maximum absolute atomic E-state index is 13.1. The third kappa shape index (κ3) is 6.38. The zero-order valence-electron chi connectivity index (χ0n) is 17.8. The number of carbonyl (C=O) groups is 2. The Morgan fingerprint density at radius 2 is 1.80 bits per heavy atom. The van der Waals surface area contributed by atoms with E-state index in [4.69, 9.17) is 27.9 Å². The SMILES string of the molecule is CCNC(=O)[C@@H](CC)N(Cc1ccc(Cl)cc1Cl)C(=O)COc1ccc(C)c(C)c1. The van der Waals surface area contributed by atoms with Crippen molar-refractivity contribution in [2.45, 2.75) is 46.7 Å². The number of ether oxygens (including phenoxy) is 1. The number of benzene rings is 2. The van der Waals surface area contributed by atoms with Crippen LogP contribution in [-0.2, 0) is 16.1 Å². The minimum absolute atomic E-state index is 0.177. The molecular formula is C23H28Cl2N2O3. The zero-order valence-corrected chi connectivity index (χ0v) is 19.3. The predicted octanol–water partition coefficient (Wildman–Crippen LogP) is 4.93. The Morgan fingerprint density at radius 1 is 1.07 bits per heavy atom. The standard InChI is InChI=1S/C23H28Cl2N2O3/c1-5-21(23(29)26-6-2)27(13-17-8-9-18(24)12-20(17)25)22(28)14-30-19-10-7-15(3)16(4)11-19/h7-12,21H,5-6,13-14H2,1-4H3,(H,26,29)/t21-/m1/s1. The van der Waals surface area contributed by atoms with Crippen molar-refractivity contribution in [1.29, 1.82) is 0 Å². The lowest BCUT2D eigenvalue weighted by Crippen LogP contribution is -2.50. The van der Waals surface area contributed by atoms with Gasteiger partial charge in [0.25, 0.3) is 5.91 Å². The van der Waals surface area contributed by atoms with E-state index >= 15 is 0 Å². The van der Waals surface area contributed by atoms with Gasteiger partial charge in [0.05, 0.1) is 0 Å². The van der Waals surface area contributed by atoms with E-state index in [1.165, 1.54) is 4.90 Å². The Labute approximate surface area is 188 Å². The van der Waals surface area contributed by atoms with E-state index in [-0.39, 0.29) is 25.0 Å². The zero-order chi connectivity index (χ0) is 22.3. The van der Waals surface area contributed by atoms with Crippen LogP contribution in [0.15, 0.2) is 36.4 Å². The number of carbonyl (C=O) groups excluding carboxylic acids is 2. The van der Waals surface area contributed by atoms with E-state index in [0.717, 1.165) is 11.1 Å². The molecular weight excluding hydrogens is 423 g/mol. The minimum atomic E-state index is -0.632. The molecule has 0 aliphatic heterocycles. The lowest BCUT2D eigenvalue weighted by molar-refractivity contribution is -0.142. The highest BCUT2D eigenvalue weighted by molar-refractivity contribution is 6.35. The molecule has 30 heavy (non-hydrogen) atoms. The van der Waals surface area contributed by atoms with Gasteiger partial charge in [-0.05, 0) is 68.1 Å². The number of aryl methyl sites for hydroxylation is 2. The number of hydrogen-bond acceptors (Lipinski definition) is 3. The summed E-state index contributed by atoms with van der Waals surface area (Å²) in [7, 11) is 0. The summed E-state index contributed by atoms with van der Waals surface area (Å²) in [6.45, 7) is 8.20. The fourth-order valence-electron chi connectivity index (χ4n) is 3.08. The van der Waals surface area contributed by atoms with Crippen LogP contribution in [0.2, 0.25) is 10.0 Å². The number of likely N-dealkylation sites (N-methyl/N-ethyl adjacent to an activating group) is 1. The second-order valence-corrected chi connectivity index (χ2v) is 7.95. The molecule has 0 bridgehead atoms. The molecule has 2 rings (SSSR count). The predicted molar refractivity (Wildman–Crippen MR) is 121 cm³/mol. The number of halogens is 2. The van der Waals surface area contributed by atoms with E-state index < -0.39 is 6.04 Å². The third-order valence-corrected chi connectivity index (χ3v) is 5.52. The van der Waals surface area contributed by atoms with Crippen LogP contribution in [0.3, 0.4) is 0 Å². The van der Waals surface area contributed by atoms with E-state index in [1.54, 1.807) is 18.2 Å². The molecule has 162 valence electrons. The quantitative estimate of drug-likeness (QED) is 0.588. The second-order valence-electron chi connectivity index (χ2n) is 7.11. The highest BCUT2D eigenvalue weighted by atomic mass is 35.5. The van der Waals surface area contributed by atoms with Gasteiger partial charge >= 0.3 is 0 Å². The molecule has 0 unspecified atom stereocenters. The maximum atomic E-state index is 13.1. The van der Waals surface area contributed by atoms with E-state index in [2.05, 4.69) is 5.32 Å². The van der Waals surface area contributed by atoms with Crippen LogP contribution in [0.25, 0.3) is 0 Å². The summed E-state index contributed by atoms with van der Waals surface area (Å²) in [5, 5.41) is 3.76. The molecule has 0 aliphatic rings. The Bertz CT molecular complexity index is 902. The number of nitrogens with zero attached hydrogens (tertiary/aromatic N) is 1. The molecule has 7 heteroatoms. The third-order valence-electron chi connectivity index (χ3n) is 4.93. The van der Waals surface area contributed by atoms with Gasteiger partial charge in [0.2, 0.25) is 5.91 Å². The molecule has 0 aromatic heterocycles. The van der Waals surface area contributed by atoms with Crippen LogP contribution >= 0.6 is 23.2 Å². The van der Waals surface area contributed by atoms with E-state index in [0.29, 0.717) is 34.3 Å². The highest BCUT2D eigenvalue weighted by Crippen LogP contribution is 2.24. The van der Waals surface area contributed by atoms with Gasteiger partial charge in [-0.1, -0.05) is 42.3 Å². The molecule has 5 nitrogen and oxygen atoms in total. The van der Waals surface area contributed by atoms with Crippen LogP contribution < -0.4 is 10.1 Å². The molecule has 0 heterocycles. The summed E-state index contributed by atoms with van der Waals surface area (Å²) in [5.74, 6) is 0.115. The van der Waals surface area contributed by atoms with Crippen molar-refractivity contribution in [2.24, 2.45) is 0 Å². The fraction of sp³-hybridized carbons (Fsp3) is 0.391. The first-order valence-electron chi connectivity index (χ1n) is 9.97. The van der Waals surface area contributed by atoms with Gasteiger partial charge in [-0.25, -0.2) is 0 Å². The number of rotatable bonds is 9. The molecule has 0 saturated carbocycles. The largest absolute Gasteiger partial charge is 0.484 e. The second kappa shape index (κ2) is 11.2. The first kappa shape index (κ1) is 24.0. The molecule has 0 radical (unpaired) electrons. The van der Waals surface area contributed by atoms with Crippen molar-refractivity contribution in [3.05, 3.63) is 63.1 Å². The van der Waals surface area contributed by atoms with Crippen LogP contribution in [-0.4, -0.2) is 35.9 Å². The topological polar surface area (TPSA) is 58.6 Å². The van der Waals surface area contributed by atoms with Crippen molar-refractivity contribution in [3.8, 4) is 5.75 Å². The Kier molecular flexibility index (Phi) is 9.00. The first-order chi connectivity index (χ1) is 14.3. The number of nitrogens with one attached hydrogen (secondary N) is 1. The maximum Gasteiger partial charge on any atom is 0.261 e. The lowest BCUT2D eigenvalue weighted by atomic mass is 10.1. The molecule has 1 N–H and O–H groups in total. The summed E-state index contributed by atoms with van der Waals surface area (Å²) in [4.78, 5) is 27.2. The van der Waals surface area contributed by atoms with Gasteiger partial charge in [0.1, 0.15) is 11.8 Å². The molecule has 0 saturated heterocycles. The number of hydrogen-bond donors (Lipinski definition) is 1. The summed E-state index contributed by atoms with van der Waals surface area (Å²) in [6.07, 6.45) is 0.465. The van der Waals surface area contributed by atoms with E-state index in [1.807, 2.05) is 45.9 Å². The van der Waals surface area contributed by atoms with E-state index in [9.17, 15) is 9.59 Å². The van der Waals surface area contributed by atoms with Crippen LogP contribution in [0, 0.1) is 13.8 Å². The van der Waals surface area contributed by atoms with Gasteiger partial charge in [-0.3, -0.25) is 9.59 Å². The minimum Gasteiger partial charge on any atom is -0.484 e. The van der Waals surface area contributed by atoms with Gasteiger partial charge in [0, 0.05) is 23.1 Å². The summed E-state index contributed by atoms with van der Waals surface area (Å²) in [5.41, 5.74) is 2.94. The molecule has 0 aliphatic carbocycles. The van der Waals surface area contributed by atoms with Gasteiger partial charge < -0.3 is 15.0 Å². The van der Waals surface area contributed by atoms with Gasteiger partial charge in [-0.2, -0.15) is 0 Å². The van der Waals surface area contributed by atoms with Crippen molar-refractivity contribution in [1.82, 2.24) is 10.2 Å². The van der Waals surface area contributed by atoms with Crippen LogP contribution in [0.5, 0.6) is 5.75 Å². The summed E-state index contributed by atoms with van der Waals surface area (Å²) >= 11 is 12.3.